The van der Waals surface area contributed by atoms with Gasteiger partial charge in [0.25, 0.3) is 0 Å². The highest BCUT2D eigenvalue weighted by molar-refractivity contribution is 5.71. The minimum Gasteiger partial charge on any atom is -0.462 e. The molecule has 0 N–H and O–H groups in total. The van der Waals surface area contributed by atoms with E-state index >= 15 is 0 Å². The molecule has 0 aromatic heterocycles. The van der Waals surface area contributed by atoms with Gasteiger partial charge in [-0.1, -0.05) is 266 Å². The average Bonchev–Trinajstić information content (AvgIpc) is 3.26. The topological polar surface area (TPSA) is 78.9 Å². The summed E-state index contributed by atoms with van der Waals surface area (Å²) in [6.07, 6.45) is 48.1. The van der Waals surface area contributed by atoms with Gasteiger partial charge in [0, 0.05) is 19.3 Å². The van der Waals surface area contributed by atoms with Crippen molar-refractivity contribution in [2.24, 2.45) is 17.8 Å². The minimum absolute atomic E-state index is 0.0653. The zero-order chi connectivity index (χ0) is 45.6. The summed E-state index contributed by atoms with van der Waals surface area (Å²) < 4.78 is 16.8. The van der Waals surface area contributed by atoms with Gasteiger partial charge in [-0.15, -0.1) is 0 Å². The van der Waals surface area contributed by atoms with E-state index < -0.39 is 6.10 Å². The minimum atomic E-state index is -0.763. The molecule has 0 aromatic carbocycles. The Hall–Kier alpha value is -1.59. The summed E-state index contributed by atoms with van der Waals surface area (Å²) in [6.45, 7) is 13.7. The van der Waals surface area contributed by atoms with Gasteiger partial charge >= 0.3 is 17.9 Å². The lowest BCUT2D eigenvalue weighted by Gasteiger charge is -2.18. The lowest BCUT2D eigenvalue weighted by molar-refractivity contribution is -0.167. The number of carbonyl (C=O) groups excluding carboxylic acids is 3. The Balaban J connectivity index is 4.21. The molecule has 6 heteroatoms. The van der Waals surface area contributed by atoms with Gasteiger partial charge in [-0.25, -0.2) is 0 Å². The molecule has 6 nitrogen and oxygen atoms in total. The van der Waals surface area contributed by atoms with Crippen LogP contribution in [-0.4, -0.2) is 37.2 Å². The van der Waals surface area contributed by atoms with Gasteiger partial charge in [-0.2, -0.15) is 0 Å². The van der Waals surface area contributed by atoms with Gasteiger partial charge in [0.15, 0.2) is 6.10 Å². The van der Waals surface area contributed by atoms with Crippen LogP contribution in [0, 0.1) is 17.8 Å². The van der Waals surface area contributed by atoms with Gasteiger partial charge in [0.2, 0.25) is 0 Å². The largest absolute Gasteiger partial charge is 0.462 e. The van der Waals surface area contributed by atoms with Crippen molar-refractivity contribution in [2.75, 3.05) is 13.2 Å². The van der Waals surface area contributed by atoms with E-state index in [4.69, 9.17) is 14.2 Å². The summed E-state index contributed by atoms with van der Waals surface area (Å²) in [7, 11) is 0. The number of ether oxygens (including phenoxy) is 3. The Labute approximate surface area is 387 Å². The van der Waals surface area contributed by atoms with Crippen LogP contribution >= 0.6 is 0 Å². The Morgan fingerprint density at radius 3 is 0.839 bits per heavy atom. The Morgan fingerprint density at radius 2 is 0.565 bits per heavy atom. The van der Waals surface area contributed by atoms with Crippen LogP contribution in [0.4, 0.5) is 0 Å². The number of hydrogen-bond acceptors (Lipinski definition) is 6. The van der Waals surface area contributed by atoms with Crippen molar-refractivity contribution >= 4 is 17.9 Å². The van der Waals surface area contributed by atoms with E-state index in [1.54, 1.807) is 0 Å². The van der Waals surface area contributed by atoms with Crippen molar-refractivity contribution < 1.29 is 28.6 Å². The molecular weight excluding hydrogens is 769 g/mol. The molecule has 0 amide bonds. The van der Waals surface area contributed by atoms with Gasteiger partial charge in [0.05, 0.1) is 0 Å². The highest BCUT2D eigenvalue weighted by Crippen LogP contribution is 2.19. The second-order valence-electron chi connectivity index (χ2n) is 20.2. The van der Waals surface area contributed by atoms with E-state index in [-0.39, 0.29) is 31.1 Å². The number of rotatable bonds is 49. The first kappa shape index (κ1) is 60.4. The van der Waals surface area contributed by atoms with E-state index in [9.17, 15) is 14.4 Å². The molecule has 0 aliphatic rings. The normalized spacial score (nSPS) is 13.0. The fraction of sp³-hybridized carbons (Fsp3) is 0.946. The predicted octanol–water partition coefficient (Wildman–Crippen LogP) is 17.9. The third-order valence-electron chi connectivity index (χ3n) is 13.4. The molecule has 3 atom stereocenters. The molecule has 0 heterocycles. The van der Waals surface area contributed by atoms with Crippen LogP contribution in [0.3, 0.4) is 0 Å². The van der Waals surface area contributed by atoms with Crippen LogP contribution in [0.2, 0.25) is 0 Å². The molecule has 0 fully saturated rings. The van der Waals surface area contributed by atoms with Gasteiger partial charge in [-0.05, 0) is 37.0 Å². The van der Waals surface area contributed by atoms with E-state index in [0.717, 1.165) is 75.5 Å². The Morgan fingerprint density at radius 1 is 0.323 bits per heavy atom. The molecule has 0 bridgehead atoms. The second kappa shape index (κ2) is 47.4. The fourth-order valence-electron chi connectivity index (χ4n) is 8.40. The molecule has 0 aromatic rings. The van der Waals surface area contributed by atoms with Crippen molar-refractivity contribution in [3.05, 3.63) is 0 Å². The van der Waals surface area contributed by atoms with Crippen LogP contribution in [0.25, 0.3) is 0 Å². The molecule has 0 saturated carbocycles. The molecule has 0 radical (unpaired) electrons. The van der Waals surface area contributed by atoms with Crippen molar-refractivity contribution in [1.29, 1.82) is 0 Å². The van der Waals surface area contributed by atoms with Crippen molar-refractivity contribution in [1.82, 2.24) is 0 Å². The van der Waals surface area contributed by atoms with Crippen LogP contribution < -0.4 is 0 Å². The SMILES string of the molecule is CCC(C)CCCCCCCCCCCCCCCCCCCCC(=O)O[C@@H](COC(=O)CCCCCCCCCCC(C)CC)COC(=O)CCCCCCCCCC(C)C. The summed E-state index contributed by atoms with van der Waals surface area (Å²) >= 11 is 0. The van der Waals surface area contributed by atoms with E-state index in [0.29, 0.717) is 19.3 Å². The number of hydrogen-bond donors (Lipinski definition) is 0. The second-order valence-corrected chi connectivity index (χ2v) is 20.2. The molecule has 0 rings (SSSR count). The summed E-state index contributed by atoms with van der Waals surface area (Å²) in [4.78, 5) is 38.0. The molecular formula is C56H108O6. The molecule has 0 spiro atoms. The maximum Gasteiger partial charge on any atom is 0.306 e. The summed E-state index contributed by atoms with van der Waals surface area (Å²) in [5.74, 6) is 1.68. The number of unbranched alkanes of at least 4 members (excludes halogenated alkanes) is 30. The molecule has 368 valence electrons. The molecule has 0 saturated heterocycles. The van der Waals surface area contributed by atoms with Crippen LogP contribution in [0.5, 0.6) is 0 Å². The van der Waals surface area contributed by atoms with Crippen molar-refractivity contribution in [2.45, 2.75) is 311 Å². The highest BCUT2D eigenvalue weighted by Gasteiger charge is 2.19. The monoisotopic (exact) mass is 877 g/mol. The lowest BCUT2D eigenvalue weighted by atomic mass is 9.99. The van der Waals surface area contributed by atoms with Gasteiger partial charge in [0.1, 0.15) is 13.2 Å². The molecule has 2 unspecified atom stereocenters. The third kappa shape index (κ3) is 46.4. The van der Waals surface area contributed by atoms with E-state index in [1.807, 2.05) is 0 Å². The fourth-order valence-corrected chi connectivity index (χ4v) is 8.40. The maximum absolute atomic E-state index is 12.8. The maximum atomic E-state index is 12.8. The predicted molar refractivity (Wildman–Crippen MR) is 266 cm³/mol. The number of carbonyl (C=O) groups is 3. The molecule has 0 aliphatic carbocycles. The van der Waals surface area contributed by atoms with Crippen molar-refractivity contribution in [3.8, 4) is 0 Å². The van der Waals surface area contributed by atoms with Crippen LogP contribution in [-0.2, 0) is 28.6 Å². The molecule has 62 heavy (non-hydrogen) atoms. The summed E-state index contributed by atoms with van der Waals surface area (Å²) in [6, 6.07) is 0. The number of esters is 3. The molecule has 0 aliphatic heterocycles. The first-order valence-corrected chi connectivity index (χ1v) is 27.7. The van der Waals surface area contributed by atoms with Gasteiger partial charge < -0.3 is 14.2 Å². The smallest absolute Gasteiger partial charge is 0.306 e. The Kier molecular flexibility index (Phi) is 46.2. The standard InChI is InChI=1S/C56H108O6/c1-7-51(5)43-37-31-25-19-17-15-13-11-9-10-12-14-16-18-20-28-35-41-47-56(59)62-53(49-61-55(58)46-40-34-29-23-24-30-36-42-50(3)4)48-60-54(57)45-39-33-27-22-21-26-32-38-44-52(6)8-2/h50-53H,7-49H2,1-6H3/t51?,52?,53-/m0/s1. The van der Waals surface area contributed by atoms with Crippen LogP contribution in [0.1, 0.15) is 305 Å². The highest BCUT2D eigenvalue weighted by atomic mass is 16.6. The first-order chi connectivity index (χ1) is 30.2. The van der Waals surface area contributed by atoms with E-state index in [1.165, 1.54) is 186 Å². The van der Waals surface area contributed by atoms with Gasteiger partial charge in [-0.3, -0.25) is 14.4 Å². The Bertz CT molecular complexity index is 964. The first-order valence-electron chi connectivity index (χ1n) is 27.7. The van der Waals surface area contributed by atoms with Crippen molar-refractivity contribution in [3.63, 3.8) is 0 Å². The third-order valence-corrected chi connectivity index (χ3v) is 13.4. The lowest BCUT2D eigenvalue weighted by Crippen LogP contribution is -2.30. The van der Waals surface area contributed by atoms with Crippen LogP contribution in [0.15, 0.2) is 0 Å². The van der Waals surface area contributed by atoms with E-state index in [2.05, 4.69) is 41.5 Å². The zero-order valence-corrected chi connectivity index (χ0v) is 42.7. The summed E-state index contributed by atoms with van der Waals surface area (Å²) in [5.41, 5.74) is 0. The summed E-state index contributed by atoms with van der Waals surface area (Å²) in [5, 5.41) is 0. The zero-order valence-electron chi connectivity index (χ0n) is 42.7. The average molecular weight is 877 g/mol. The quantitative estimate of drug-likeness (QED) is 0.0344.